The largest absolute Gasteiger partial charge is 0.0913 e. The van der Waals surface area contributed by atoms with E-state index in [0.717, 1.165) is 0 Å². The third-order valence-electron chi connectivity index (χ3n) is 0.514. The molecule has 0 aliphatic carbocycles. The van der Waals surface area contributed by atoms with Gasteiger partial charge in [0.15, 0.2) is 0 Å². The molecule has 0 N–H and O–H groups in total. The van der Waals surface area contributed by atoms with Crippen LogP contribution in [0, 0.1) is 0 Å². The van der Waals surface area contributed by atoms with Gasteiger partial charge in [0.1, 0.15) is 0 Å². The summed E-state index contributed by atoms with van der Waals surface area (Å²) in [6, 6.07) is 0. The van der Waals surface area contributed by atoms with Gasteiger partial charge >= 0.3 is 0 Å². The van der Waals surface area contributed by atoms with Crippen LogP contribution in [0.1, 0.15) is 13.3 Å². The molecule has 0 nitrogen and oxygen atoms in total. The van der Waals surface area contributed by atoms with Crippen molar-refractivity contribution in [2.45, 2.75) is 13.3 Å². The summed E-state index contributed by atoms with van der Waals surface area (Å²) in [5.74, 6) is 0. The van der Waals surface area contributed by atoms with Crippen LogP contribution in [0.5, 0.6) is 0 Å². The van der Waals surface area contributed by atoms with Crippen molar-refractivity contribution in [3.8, 4) is 0 Å². The minimum absolute atomic E-state index is 0.526. The van der Waals surface area contributed by atoms with E-state index in [4.69, 9.17) is 11.6 Å². The van der Waals surface area contributed by atoms with Gasteiger partial charge in [0.25, 0.3) is 0 Å². The highest BCUT2D eigenvalue weighted by molar-refractivity contribution is 7.83. The zero-order valence-corrected chi connectivity index (χ0v) is 5.72. The minimum Gasteiger partial charge on any atom is -0.0913 e. The van der Waals surface area contributed by atoms with Crippen molar-refractivity contribution in [3.63, 3.8) is 0 Å². The quantitative estimate of drug-likeness (QED) is 0.318. The highest BCUT2D eigenvalue weighted by atomic mass is 35.5. The zero-order chi connectivity index (χ0) is 5.70. The Hall–Kier alpha value is 0.120. The molecule has 0 saturated heterocycles. The summed E-state index contributed by atoms with van der Waals surface area (Å²) in [4.78, 5) is 0. The van der Waals surface area contributed by atoms with Gasteiger partial charge in [-0.2, -0.15) is 0 Å². The van der Waals surface area contributed by atoms with E-state index in [1.54, 1.807) is 0 Å². The number of halogens is 1. The summed E-state index contributed by atoms with van der Waals surface area (Å²) < 4.78 is 0.526. The maximum Gasteiger partial charge on any atom is 0.0846 e. The smallest absolute Gasteiger partial charge is 0.0846 e. The Kier molecular flexibility index (Phi) is 4.36. The molecule has 0 aliphatic heterocycles. The molecule has 0 radical (unpaired) electrons. The monoisotopic (exact) mass is 134 g/mol. The lowest BCUT2D eigenvalue weighted by atomic mass is 10.4. The average Bonchev–Trinajstić information content (AvgIpc) is 1.61. The Balaban J connectivity index is 3.14. The van der Waals surface area contributed by atoms with Crippen LogP contribution < -0.4 is 0 Å². The highest BCUT2D eigenvalue weighted by Gasteiger charge is 1.79. The Morgan fingerprint density at radius 2 is 2.43 bits per heavy atom. The lowest BCUT2D eigenvalue weighted by molar-refractivity contribution is 1.52. The second-order valence-electron chi connectivity index (χ2n) is 1.13. The first-order chi connectivity index (χ1) is 3.27. The van der Waals surface area contributed by atoms with E-state index in [2.05, 4.69) is 12.2 Å². The summed E-state index contributed by atoms with van der Waals surface area (Å²) in [6.45, 7) is 1.94. The number of hydrogen-bond acceptors (Lipinski definition) is 1. The number of allylic oxidation sites excluding steroid dienone is 2. The van der Waals surface area contributed by atoms with Gasteiger partial charge in [-0.15, -0.1) is 0 Å². The van der Waals surface area contributed by atoms with Crippen molar-refractivity contribution in [1.29, 1.82) is 0 Å². The van der Waals surface area contributed by atoms with Crippen LogP contribution in [0.4, 0.5) is 0 Å². The van der Waals surface area contributed by atoms with Crippen molar-refractivity contribution in [2.24, 2.45) is 0 Å². The molecule has 7 heavy (non-hydrogen) atoms. The Morgan fingerprint density at radius 1 is 1.86 bits per heavy atom. The van der Waals surface area contributed by atoms with Crippen molar-refractivity contribution in [2.75, 3.05) is 0 Å². The van der Waals surface area contributed by atoms with Crippen LogP contribution >= 0.6 is 23.8 Å². The summed E-state index contributed by atoms with van der Waals surface area (Å²) in [7, 11) is 0. The van der Waals surface area contributed by atoms with Crippen LogP contribution in [-0.2, 0) is 0 Å². The summed E-state index contributed by atoms with van der Waals surface area (Å²) in [6.07, 6.45) is 4.57. The maximum atomic E-state index is 5.34. The first kappa shape index (κ1) is 7.12. The lowest BCUT2D eigenvalue weighted by Gasteiger charge is -1.79. The first-order valence-corrected chi connectivity index (χ1v) is 2.85. The van der Waals surface area contributed by atoms with Crippen LogP contribution in [0.2, 0.25) is 0 Å². The lowest BCUT2D eigenvalue weighted by Crippen LogP contribution is -1.73. The molecule has 0 atom stereocenters. The van der Waals surface area contributed by atoms with Gasteiger partial charge in [0.05, 0.1) is 4.32 Å². The molecule has 0 aromatic heterocycles. The molecule has 0 aromatic carbocycles. The second kappa shape index (κ2) is 4.28. The first-order valence-electron chi connectivity index (χ1n) is 2.07. The van der Waals surface area contributed by atoms with Gasteiger partial charge in [-0.1, -0.05) is 36.0 Å². The van der Waals surface area contributed by atoms with E-state index in [-0.39, 0.29) is 0 Å². The molecule has 0 rings (SSSR count). The fourth-order valence-electron chi connectivity index (χ4n) is 0.211. The van der Waals surface area contributed by atoms with Gasteiger partial charge < -0.3 is 0 Å². The van der Waals surface area contributed by atoms with Gasteiger partial charge in [-0.3, -0.25) is 0 Å². The van der Waals surface area contributed by atoms with Gasteiger partial charge in [0, 0.05) is 6.42 Å². The number of rotatable bonds is 2. The molecule has 0 saturated carbocycles. The van der Waals surface area contributed by atoms with E-state index in [9.17, 15) is 0 Å². The molecule has 0 bridgehead atoms. The van der Waals surface area contributed by atoms with E-state index in [0.29, 0.717) is 10.7 Å². The van der Waals surface area contributed by atoms with Crippen LogP contribution in [0.25, 0.3) is 0 Å². The summed E-state index contributed by atoms with van der Waals surface area (Å²) in [5, 5.41) is 0. The molecular formula is C5H7ClS. The molecule has 0 aliphatic rings. The topological polar surface area (TPSA) is 0 Å². The fraction of sp³-hybridized carbons (Fsp3) is 0.400. The van der Waals surface area contributed by atoms with E-state index in [1.807, 2.05) is 19.1 Å². The third-order valence-corrected chi connectivity index (χ3v) is 0.835. The minimum atomic E-state index is 0.526. The van der Waals surface area contributed by atoms with E-state index < -0.39 is 0 Å². The SMILES string of the molecule is C/C=C/CC(=S)Cl. The van der Waals surface area contributed by atoms with Crippen LogP contribution in [0.3, 0.4) is 0 Å². The molecule has 0 unspecified atom stereocenters. The molecule has 0 heterocycles. The fourth-order valence-corrected chi connectivity index (χ4v) is 0.396. The van der Waals surface area contributed by atoms with E-state index in [1.165, 1.54) is 0 Å². The van der Waals surface area contributed by atoms with Crippen molar-refractivity contribution < 1.29 is 0 Å². The zero-order valence-electron chi connectivity index (χ0n) is 4.15. The van der Waals surface area contributed by atoms with Gasteiger partial charge in [-0.25, -0.2) is 0 Å². The van der Waals surface area contributed by atoms with Crippen molar-refractivity contribution >= 4 is 28.1 Å². The summed E-state index contributed by atoms with van der Waals surface area (Å²) >= 11 is 9.91. The average molecular weight is 135 g/mol. The maximum absolute atomic E-state index is 5.34. The van der Waals surface area contributed by atoms with Crippen LogP contribution in [-0.4, -0.2) is 4.32 Å². The Labute approximate surface area is 54.2 Å². The Bertz CT molecular complexity index is 86.1. The molecule has 0 fully saturated rings. The van der Waals surface area contributed by atoms with E-state index >= 15 is 0 Å². The molecular weight excluding hydrogens is 128 g/mol. The molecule has 2 heteroatoms. The third kappa shape index (κ3) is 6.12. The van der Waals surface area contributed by atoms with Gasteiger partial charge in [0.2, 0.25) is 0 Å². The predicted octanol–water partition coefficient (Wildman–Crippen LogP) is 2.52. The van der Waals surface area contributed by atoms with Crippen LogP contribution in [0.15, 0.2) is 12.2 Å². The van der Waals surface area contributed by atoms with Gasteiger partial charge in [-0.05, 0) is 6.92 Å². The number of thiocarbonyl (C=S) groups is 1. The number of hydrogen-bond donors (Lipinski definition) is 0. The predicted molar refractivity (Wildman–Crippen MR) is 37.9 cm³/mol. The molecule has 0 spiro atoms. The molecule has 0 amide bonds. The molecule has 0 aromatic rings. The second-order valence-corrected chi connectivity index (χ2v) is 2.30. The summed E-state index contributed by atoms with van der Waals surface area (Å²) in [5.41, 5.74) is 0. The molecule has 40 valence electrons. The Morgan fingerprint density at radius 3 is 2.57 bits per heavy atom. The standard InChI is InChI=1S/C5H7ClS/c1-2-3-4-5(6)7/h2-3H,4H2,1H3/b3-2+. The van der Waals surface area contributed by atoms with Crippen molar-refractivity contribution in [1.82, 2.24) is 0 Å². The van der Waals surface area contributed by atoms with Crippen molar-refractivity contribution in [3.05, 3.63) is 12.2 Å². The normalized spacial score (nSPS) is 10.0. The highest BCUT2D eigenvalue weighted by Crippen LogP contribution is 1.92.